The zero-order valence-electron chi connectivity index (χ0n) is 10.9. The van der Waals surface area contributed by atoms with Gasteiger partial charge in [0.05, 0.1) is 6.04 Å². The van der Waals surface area contributed by atoms with E-state index in [0.29, 0.717) is 27.9 Å². The van der Waals surface area contributed by atoms with Crippen LogP contribution in [0.15, 0.2) is 23.2 Å². The summed E-state index contributed by atoms with van der Waals surface area (Å²) in [6.45, 7) is 4.57. The Kier molecular flexibility index (Phi) is 3.27. The molecule has 1 fully saturated rings. The topological polar surface area (TPSA) is 38.4 Å². The van der Waals surface area contributed by atoms with E-state index < -0.39 is 0 Å². The van der Waals surface area contributed by atoms with E-state index in [0.717, 1.165) is 10.9 Å². The lowest BCUT2D eigenvalue weighted by Gasteiger charge is -2.06. The molecule has 0 bridgehead atoms. The van der Waals surface area contributed by atoms with Crippen molar-refractivity contribution in [1.29, 1.82) is 0 Å². The zero-order chi connectivity index (χ0) is 13.8. The van der Waals surface area contributed by atoms with Gasteiger partial charge in [-0.3, -0.25) is 4.99 Å². The Hall–Kier alpha value is -0.380. The number of hydrogen-bond acceptors (Lipinski definition) is 3. The van der Waals surface area contributed by atoms with Gasteiger partial charge < -0.3 is 5.73 Å². The first kappa shape index (κ1) is 13.6. The maximum Gasteiger partial charge on any atom is 0.154 e. The smallest absolute Gasteiger partial charge is 0.154 e. The van der Waals surface area contributed by atoms with Crippen LogP contribution in [0.25, 0.3) is 0 Å². The summed E-state index contributed by atoms with van der Waals surface area (Å²) in [6.07, 6.45) is 0. The first-order valence-electron chi connectivity index (χ1n) is 6.31. The summed E-state index contributed by atoms with van der Waals surface area (Å²) in [4.78, 5) is 4.56. The minimum absolute atomic E-state index is 0.230. The van der Waals surface area contributed by atoms with Gasteiger partial charge >= 0.3 is 0 Å². The second-order valence-electron chi connectivity index (χ2n) is 5.87. The van der Waals surface area contributed by atoms with Gasteiger partial charge in [0.2, 0.25) is 0 Å². The molecule has 2 nitrogen and oxygen atoms in total. The van der Waals surface area contributed by atoms with Crippen LogP contribution in [-0.4, -0.2) is 17.0 Å². The summed E-state index contributed by atoms with van der Waals surface area (Å²) in [5.74, 6) is 1.98. The summed E-state index contributed by atoms with van der Waals surface area (Å²) >= 11 is 13.9. The van der Waals surface area contributed by atoms with E-state index in [9.17, 15) is 0 Å². The molecule has 1 heterocycles. The summed E-state index contributed by atoms with van der Waals surface area (Å²) in [6, 6.07) is 6.14. The van der Waals surface area contributed by atoms with E-state index in [4.69, 9.17) is 28.9 Å². The molecule has 1 saturated carbocycles. The first-order valence-corrected chi connectivity index (χ1v) is 8.06. The molecule has 5 heteroatoms. The Morgan fingerprint density at radius 3 is 2.42 bits per heavy atom. The molecule has 3 rings (SSSR count). The molecular formula is C14H16Cl2N2S. The zero-order valence-corrected chi connectivity index (χ0v) is 13.2. The Bertz CT molecular complexity index is 536. The van der Waals surface area contributed by atoms with Crippen LogP contribution in [-0.2, 0) is 0 Å². The minimum Gasteiger partial charge on any atom is -0.379 e. The van der Waals surface area contributed by atoms with Crippen molar-refractivity contribution in [1.82, 2.24) is 0 Å². The van der Waals surface area contributed by atoms with Crippen molar-refractivity contribution in [2.24, 2.45) is 22.1 Å². The predicted molar refractivity (Wildman–Crippen MR) is 84.3 cm³/mol. The highest BCUT2D eigenvalue weighted by molar-refractivity contribution is 8.14. The van der Waals surface area contributed by atoms with E-state index in [2.05, 4.69) is 18.8 Å². The molecular weight excluding hydrogens is 299 g/mol. The van der Waals surface area contributed by atoms with Crippen molar-refractivity contribution in [2.75, 3.05) is 5.75 Å². The second kappa shape index (κ2) is 4.57. The average Bonchev–Trinajstić information content (AvgIpc) is 2.63. The standard InChI is InChI=1S/C14H16Cl2N2S/c1-14(2)11(7-3-8(15)5-9(16)4-7)12(14)10-6-19-13(17)18-10/h3-5,10-12H,6H2,1-2H3,(H2,17,18)/t10?,11-,12-/m1/s1. The maximum absolute atomic E-state index is 6.11. The first-order chi connectivity index (χ1) is 8.89. The molecule has 1 aromatic rings. The van der Waals surface area contributed by atoms with Crippen LogP contribution in [0.1, 0.15) is 25.3 Å². The maximum atomic E-state index is 6.11. The van der Waals surface area contributed by atoms with Gasteiger partial charge in [-0.2, -0.15) is 0 Å². The summed E-state index contributed by atoms with van der Waals surface area (Å²) in [7, 11) is 0. The molecule has 2 aliphatic rings. The molecule has 0 radical (unpaired) electrons. The number of hydrogen-bond donors (Lipinski definition) is 1. The molecule has 1 unspecified atom stereocenters. The van der Waals surface area contributed by atoms with Crippen molar-refractivity contribution in [2.45, 2.75) is 25.8 Å². The number of benzene rings is 1. The SMILES string of the molecule is CC1(C)[C@H](c2cc(Cl)cc(Cl)c2)[C@H]1C1CSC(N)=N1. The lowest BCUT2D eigenvalue weighted by Crippen LogP contribution is -2.11. The Morgan fingerprint density at radius 2 is 1.89 bits per heavy atom. The number of nitrogens with zero attached hydrogens (tertiary/aromatic N) is 1. The van der Waals surface area contributed by atoms with Crippen LogP contribution >= 0.6 is 35.0 Å². The molecule has 102 valence electrons. The fourth-order valence-electron chi connectivity index (χ4n) is 3.38. The van der Waals surface area contributed by atoms with Crippen molar-refractivity contribution in [3.63, 3.8) is 0 Å². The number of halogens is 2. The molecule has 0 spiro atoms. The van der Waals surface area contributed by atoms with Gasteiger partial charge in [-0.15, -0.1) is 0 Å². The minimum atomic E-state index is 0.230. The van der Waals surface area contributed by atoms with Gasteiger partial charge in [0.15, 0.2) is 5.17 Å². The highest BCUT2D eigenvalue weighted by Gasteiger charge is 2.62. The quantitative estimate of drug-likeness (QED) is 0.890. The van der Waals surface area contributed by atoms with E-state index in [1.165, 1.54) is 5.56 Å². The lowest BCUT2D eigenvalue weighted by atomic mass is 10.0. The monoisotopic (exact) mass is 314 g/mol. The molecule has 0 saturated heterocycles. The third kappa shape index (κ3) is 2.37. The summed E-state index contributed by atoms with van der Waals surface area (Å²) in [5, 5.41) is 2.12. The molecule has 1 aliphatic heterocycles. The van der Waals surface area contributed by atoms with E-state index in [1.807, 2.05) is 12.1 Å². The molecule has 0 aromatic heterocycles. The number of amidine groups is 1. The van der Waals surface area contributed by atoms with Gasteiger partial charge in [0, 0.05) is 15.8 Å². The third-order valence-corrected chi connectivity index (χ3v) is 5.61. The predicted octanol–water partition coefficient (Wildman–Crippen LogP) is 4.16. The van der Waals surface area contributed by atoms with E-state index in [-0.39, 0.29) is 5.41 Å². The Labute approximate surface area is 127 Å². The average molecular weight is 315 g/mol. The highest BCUT2D eigenvalue weighted by Crippen LogP contribution is 2.67. The van der Waals surface area contributed by atoms with E-state index >= 15 is 0 Å². The van der Waals surface area contributed by atoms with Crippen molar-refractivity contribution < 1.29 is 0 Å². The number of rotatable bonds is 2. The number of thioether (sulfide) groups is 1. The van der Waals surface area contributed by atoms with Crippen molar-refractivity contribution >= 4 is 40.1 Å². The molecule has 0 amide bonds. The fourth-order valence-corrected chi connectivity index (χ4v) is 4.76. The lowest BCUT2D eigenvalue weighted by molar-refractivity contribution is 0.508. The molecule has 1 aliphatic carbocycles. The Morgan fingerprint density at radius 1 is 1.26 bits per heavy atom. The van der Waals surface area contributed by atoms with Crippen LogP contribution in [0.3, 0.4) is 0 Å². The van der Waals surface area contributed by atoms with E-state index in [1.54, 1.807) is 17.8 Å². The summed E-state index contributed by atoms with van der Waals surface area (Å²) in [5.41, 5.74) is 7.23. The van der Waals surface area contributed by atoms with Crippen LogP contribution in [0.5, 0.6) is 0 Å². The van der Waals surface area contributed by atoms with Gasteiger partial charge in [0.1, 0.15) is 0 Å². The van der Waals surface area contributed by atoms with Crippen LogP contribution in [0.2, 0.25) is 10.0 Å². The second-order valence-corrected chi connectivity index (χ2v) is 7.79. The Balaban J connectivity index is 1.89. The normalized spacial score (nSPS) is 32.2. The number of aliphatic imine (C=N–C) groups is 1. The third-order valence-electron chi connectivity index (χ3n) is 4.26. The van der Waals surface area contributed by atoms with Crippen LogP contribution in [0.4, 0.5) is 0 Å². The fraction of sp³-hybridized carbons (Fsp3) is 0.500. The van der Waals surface area contributed by atoms with Crippen LogP contribution in [0, 0.1) is 11.3 Å². The molecule has 19 heavy (non-hydrogen) atoms. The largest absolute Gasteiger partial charge is 0.379 e. The van der Waals surface area contributed by atoms with Crippen LogP contribution < -0.4 is 5.73 Å². The molecule has 1 aromatic carbocycles. The van der Waals surface area contributed by atoms with Gasteiger partial charge in [-0.05, 0) is 41.0 Å². The molecule has 3 atom stereocenters. The van der Waals surface area contributed by atoms with Gasteiger partial charge in [0.25, 0.3) is 0 Å². The van der Waals surface area contributed by atoms with Crippen molar-refractivity contribution in [3.8, 4) is 0 Å². The number of nitrogens with two attached hydrogens (primary N) is 1. The van der Waals surface area contributed by atoms with Gasteiger partial charge in [-0.25, -0.2) is 0 Å². The van der Waals surface area contributed by atoms with Gasteiger partial charge in [-0.1, -0.05) is 48.8 Å². The molecule has 2 N–H and O–H groups in total. The van der Waals surface area contributed by atoms with Crippen molar-refractivity contribution in [3.05, 3.63) is 33.8 Å². The summed E-state index contributed by atoms with van der Waals surface area (Å²) < 4.78 is 0. The highest BCUT2D eigenvalue weighted by atomic mass is 35.5.